The first-order valence-corrected chi connectivity index (χ1v) is 10.0. The Kier molecular flexibility index (Phi) is 6.58. The third kappa shape index (κ3) is 5.15. The molecule has 0 fully saturated rings. The zero-order valence-corrected chi connectivity index (χ0v) is 17.1. The Labute approximate surface area is 169 Å². The molecule has 1 aromatic heterocycles. The van der Waals surface area contributed by atoms with Gasteiger partial charge in [0.15, 0.2) is 11.0 Å². The lowest BCUT2D eigenvalue weighted by Crippen LogP contribution is -2.07. The van der Waals surface area contributed by atoms with Crippen LogP contribution < -0.4 is 4.74 Å². The van der Waals surface area contributed by atoms with Crippen LogP contribution in [-0.2, 0) is 18.9 Å². The summed E-state index contributed by atoms with van der Waals surface area (Å²) >= 11 is 7.58. The van der Waals surface area contributed by atoms with Crippen molar-refractivity contribution in [1.82, 2.24) is 14.8 Å². The summed E-state index contributed by atoms with van der Waals surface area (Å²) in [4.78, 5) is 0. The highest BCUT2D eigenvalue weighted by atomic mass is 35.5. The van der Waals surface area contributed by atoms with Gasteiger partial charge < -0.3 is 4.74 Å². The van der Waals surface area contributed by atoms with Crippen LogP contribution in [0.2, 0.25) is 5.02 Å². The van der Waals surface area contributed by atoms with Gasteiger partial charge in [0.2, 0.25) is 0 Å². The van der Waals surface area contributed by atoms with Crippen molar-refractivity contribution < 1.29 is 4.74 Å². The zero-order valence-electron chi connectivity index (χ0n) is 15.5. The molecule has 0 unspecified atom stereocenters. The van der Waals surface area contributed by atoms with Crippen LogP contribution in [0, 0.1) is 13.8 Å². The van der Waals surface area contributed by atoms with E-state index in [1.807, 2.05) is 22.8 Å². The summed E-state index contributed by atoms with van der Waals surface area (Å²) in [5.74, 6) is 2.37. The van der Waals surface area contributed by atoms with Gasteiger partial charge in [-0.05, 0) is 49.2 Å². The van der Waals surface area contributed by atoms with Crippen LogP contribution in [0.25, 0.3) is 0 Å². The molecule has 6 heteroatoms. The van der Waals surface area contributed by atoms with Crippen molar-refractivity contribution in [1.29, 1.82) is 0 Å². The van der Waals surface area contributed by atoms with Crippen molar-refractivity contribution in [2.24, 2.45) is 0 Å². The Morgan fingerprint density at radius 1 is 1.15 bits per heavy atom. The topological polar surface area (TPSA) is 39.9 Å². The monoisotopic (exact) mass is 399 g/mol. The molecule has 0 N–H and O–H groups in total. The highest BCUT2D eigenvalue weighted by Crippen LogP contribution is 2.25. The molecular formula is C21H22ClN3OS. The predicted octanol–water partition coefficient (Wildman–Crippen LogP) is 5.61. The number of aromatic nitrogens is 3. The maximum absolute atomic E-state index is 5.91. The van der Waals surface area contributed by atoms with Crippen molar-refractivity contribution in [2.75, 3.05) is 0 Å². The number of benzene rings is 2. The fraction of sp³-hybridized carbons (Fsp3) is 0.238. The molecule has 2 aromatic carbocycles. The smallest absolute Gasteiger partial charge is 0.191 e. The summed E-state index contributed by atoms with van der Waals surface area (Å²) in [6.45, 7) is 9.07. The third-order valence-corrected chi connectivity index (χ3v) is 5.42. The van der Waals surface area contributed by atoms with E-state index in [2.05, 4.69) is 48.8 Å². The summed E-state index contributed by atoms with van der Waals surface area (Å²) in [7, 11) is 0. The first kappa shape index (κ1) is 19.5. The molecule has 1 heterocycles. The van der Waals surface area contributed by atoms with Gasteiger partial charge in [0.25, 0.3) is 0 Å². The number of rotatable bonds is 8. The van der Waals surface area contributed by atoms with Gasteiger partial charge in [-0.2, -0.15) is 0 Å². The van der Waals surface area contributed by atoms with E-state index < -0.39 is 0 Å². The molecule has 3 aromatic rings. The second-order valence-electron chi connectivity index (χ2n) is 6.26. The zero-order chi connectivity index (χ0) is 19.2. The minimum atomic E-state index is 0.340. The lowest BCUT2D eigenvalue weighted by molar-refractivity contribution is 0.289. The van der Waals surface area contributed by atoms with Crippen LogP contribution in [0.4, 0.5) is 0 Å². The number of hydrogen-bond acceptors (Lipinski definition) is 4. The summed E-state index contributed by atoms with van der Waals surface area (Å²) in [6.07, 6.45) is 1.84. The first-order chi connectivity index (χ1) is 13.1. The number of nitrogens with zero attached hydrogens (tertiary/aromatic N) is 3. The van der Waals surface area contributed by atoms with E-state index in [4.69, 9.17) is 16.3 Å². The van der Waals surface area contributed by atoms with Gasteiger partial charge in [0.1, 0.15) is 12.4 Å². The normalized spacial score (nSPS) is 10.8. The van der Waals surface area contributed by atoms with Gasteiger partial charge >= 0.3 is 0 Å². The third-order valence-electron chi connectivity index (χ3n) is 4.15. The van der Waals surface area contributed by atoms with Gasteiger partial charge in [0, 0.05) is 17.3 Å². The molecule has 0 aliphatic rings. The largest absolute Gasteiger partial charge is 0.486 e. The van der Waals surface area contributed by atoms with Gasteiger partial charge in [-0.25, -0.2) is 0 Å². The lowest BCUT2D eigenvalue weighted by Gasteiger charge is -2.10. The van der Waals surface area contributed by atoms with Crippen molar-refractivity contribution in [3.63, 3.8) is 0 Å². The van der Waals surface area contributed by atoms with Gasteiger partial charge in [-0.1, -0.05) is 53.2 Å². The Bertz CT molecular complexity index is 922. The van der Waals surface area contributed by atoms with E-state index >= 15 is 0 Å². The van der Waals surface area contributed by atoms with E-state index in [0.717, 1.165) is 22.5 Å². The maximum atomic E-state index is 5.91. The molecule has 4 nitrogen and oxygen atoms in total. The number of aryl methyl sites for hydroxylation is 2. The van der Waals surface area contributed by atoms with Crippen LogP contribution >= 0.6 is 23.4 Å². The fourth-order valence-electron chi connectivity index (χ4n) is 2.62. The Hall–Kier alpha value is -2.24. The van der Waals surface area contributed by atoms with Crippen LogP contribution in [-0.4, -0.2) is 14.8 Å². The summed E-state index contributed by atoms with van der Waals surface area (Å²) in [6, 6.07) is 13.8. The molecule has 0 saturated carbocycles. The van der Waals surface area contributed by atoms with Crippen LogP contribution in [0.3, 0.4) is 0 Å². The van der Waals surface area contributed by atoms with E-state index in [0.29, 0.717) is 18.2 Å². The highest BCUT2D eigenvalue weighted by molar-refractivity contribution is 7.98. The summed E-state index contributed by atoms with van der Waals surface area (Å²) in [5, 5.41) is 10.2. The highest BCUT2D eigenvalue weighted by Gasteiger charge is 2.13. The van der Waals surface area contributed by atoms with E-state index in [1.165, 1.54) is 16.7 Å². The molecule has 0 aliphatic carbocycles. The molecule has 0 aliphatic heterocycles. The summed E-state index contributed by atoms with van der Waals surface area (Å²) in [5.41, 5.74) is 3.86. The van der Waals surface area contributed by atoms with Crippen LogP contribution in [0.15, 0.2) is 60.3 Å². The second-order valence-corrected chi connectivity index (χ2v) is 7.64. The van der Waals surface area contributed by atoms with Crippen molar-refractivity contribution in [2.45, 2.75) is 37.9 Å². The second kappa shape index (κ2) is 9.11. The minimum Gasteiger partial charge on any atom is -0.486 e. The van der Waals surface area contributed by atoms with Crippen molar-refractivity contribution in [3.05, 3.63) is 82.7 Å². The van der Waals surface area contributed by atoms with E-state index in [9.17, 15) is 0 Å². The van der Waals surface area contributed by atoms with Gasteiger partial charge in [0.05, 0.1) is 0 Å². The van der Waals surface area contributed by atoms with Crippen molar-refractivity contribution in [3.8, 4) is 5.75 Å². The molecule has 0 atom stereocenters. The molecule has 27 heavy (non-hydrogen) atoms. The molecule has 0 bridgehead atoms. The predicted molar refractivity (Wildman–Crippen MR) is 111 cm³/mol. The molecule has 0 radical (unpaired) electrons. The average Bonchev–Trinajstić information content (AvgIpc) is 3.04. The first-order valence-electron chi connectivity index (χ1n) is 8.67. The molecule has 0 amide bonds. The Morgan fingerprint density at radius 2 is 1.93 bits per heavy atom. The Morgan fingerprint density at radius 3 is 2.67 bits per heavy atom. The maximum Gasteiger partial charge on any atom is 0.191 e. The average molecular weight is 400 g/mol. The van der Waals surface area contributed by atoms with Crippen LogP contribution in [0.1, 0.15) is 22.5 Å². The van der Waals surface area contributed by atoms with Crippen LogP contribution in [0.5, 0.6) is 5.75 Å². The summed E-state index contributed by atoms with van der Waals surface area (Å²) < 4.78 is 7.86. The SMILES string of the molecule is C=CCn1c(COc2ccc(Cl)cc2)nnc1SCc1cc(C)ccc1C. The number of hydrogen-bond donors (Lipinski definition) is 0. The molecule has 0 spiro atoms. The minimum absolute atomic E-state index is 0.340. The lowest BCUT2D eigenvalue weighted by atomic mass is 10.1. The number of thioether (sulfide) groups is 1. The molecular weight excluding hydrogens is 378 g/mol. The number of allylic oxidation sites excluding steroid dienone is 1. The fourth-order valence-corrected chi connectivity index (χ4v) is 3.78. The standard InChI is InChI=1S/C21H22ClN3OS/c1-4-11-25-20(13-26-19-9-7-18(22)8-10-19)23-24-21(25)27-14-17-12-15(2)5-6-16(17)3/h4-10,12H,1,11,13-14H2,2-3H3. The van der Waals surface area contributed by atoms with E-state index in [1.54, 1.807) is 23.9 Å². The number of halogens is 1. The molecule has 140 valence electrons. The molecule has 0 saturated heterocycles. The van der Waals surface area contributed by atoms with E-state index in [-0.39, 0.29) is 0 Å². The quantitative estimate of drug-likeness (QED) is 0.365. The number of ether oxygens (including phenoxy) is 1. The van der Waals surface area contributed by atoms with Crippen molar-refractivity contribution >= 4 is 23.4 Å². The van der Waals surface area contributed by atoms with Gasteiger partial charge in [-0.3, -0.25) is 4.57 Å². The van der Waals surface area contributed by atoms with Gasteiger partial charge in [-0.15, -0.1) is 16.8 Å². The molecule has 3 rings (SSSR count). The Balaban J connectivity index is 1.71.